The first-order valence-corrected chi connectivity index (χ1v) is 10.1. The van der Waals surface area contributed by atoms with Gasteiger partial charge in [-0.15, -0.1) is 0 Å². The second-order valence-electron chi connectivity index (χ2n) is 7.86. The molecule has 0 bridgehead atoms. The maximum Gasteiger partial charge on any atom is 0.129 e. The molecule has 0 radical (unpaired) electrons. The molecule has 0 heterocycles. The Hall–Kier alpha value is -1.93. The summed E-state index contributed by atoms with van der Waals surface area (Å²) in [5.74, 6) is -0.274. The average molecular weight is 400 g/mol. The van der Waals surface area contributed by atoms with Gasteiger partial charge in [0, 0.05) is 23.2 Å². The molecule has 0 aromatic heterocycles. The SMILES string of the molecule is CN(C)[C@@H](CNC1CCC(C#N)(c2ccccc2)CC1)c1c(F)cccc1Cl. The van der Waals surface area contributed by atoms with Gasteiger partial charge in [-0.05, 0) is 57.5 Å². The van der Waals surface area contributed by atoms with E-state index in [1.165, 1.54) is 6.07 Å². The summed E-state index contributed by atoms with van der Waals surface area (Å²) in [5, 5.41) is 13.9. The summed E-state index contributed by atoms with van der Waals surface area (Å²) in [5.41, 5.74) is 1.25. The summed E-state index contributed by atoms with van der Waals surface area (Å²) < 4.78 is 14.4. The van der Waals surface area contributed by atoms with Crippen LogP contribution in [-0.4, -0.2) is 31.6 Å². The highest BCUT2D eigenvalue weighted by Gasteiger charge is 2.37. The lowest BCUT2D eigenvalue weighted by Gasteiger charge is -2.37. The lowest BCUT2D eigenvalue weighted by molar-refractivity contribution is 0.244. The van der Waals surface area contributed by atoms with E-state index in [9.17, 15) is 9.65 Å². The Labute approximate surface area is 172 Å². The minimum absolute atomic E-state index is 0.148. The fourth-order valence-corrected chi connectivity index (χ4v) is 4.48. The van der Waals surface area contributed by atoms with Crippen molar-refractivity contribution in [3.63, 3.8) is 0 Å². The highest BCUT2D eigenvalue weighted by atomic mass is 35.5. The number of halogens is 2. The van der Waals surface area contributed by atoms with Crippen LogP contribution in [0.25, 0.3) is 0 Å². The smallest absolute Gasteiger partial charge is 0.129 e. The van der Waals surface area contributed by atoms with Crippen molar-refractivity contribution in [3.05, 3.63) is 70.5 Å². The molecular formula is C23H27ClFN3. The molecule has 1 saturated carbocycles. The van der Waals surface area contributed by atoms with Crippen molar-refractivity contribution in [3.8, 4) is 6.07 Å². The maximum absolute atomic E-state index is 14.4. The lowest BCUT2D eigenvalue weighted by Crippen LogP contribution is -2.42. The average Bonchev–Trinajstić information content (AvgIpc) is 2.71. The molecule has 0 spiro atoms. The van der Waals surface area contributed by atoms with Gasteiger partial charge in [-0.25, -0.2) is 4.39 Å². The molecule has 0 aliphatic heterocycles. The van der Waals surface area contributed by atoms with Gasteiger partial charge >= 0.3 is 0 Å². The van der Waals surface area contributed by atoms with Gasteiger partial charge in [0.15, 0.2) is 0 Å². The van der Waals surface area contributed by atoms with E-state index in [-0.39, 0.29) is 11.9 Å². The highest BCUT2D eigenvalue weighted by molar-refractivity contribution is 6.31. The third-order valence-corrected chi connectivity index (χ3v) is 6.27. The number of nitrogens with one attached hydrogen (secondary N) is 1. The van der Waals surface area contributed by atoms with Gasteiger partial charge in [-0.2, -0.15) is 5.26 Å². The van der Waals surface area contributed by atoms with Crippen LogP contribution in [0, 0.1) is 17.1 Å². The van der Waals surface area contributed by atoms with E-state index in [4.69, 9.17) is 11.6 Å². The van der Waals surface area contributed by atoms with E-state index in [1.807, 2.05) is 37.2 Å². The van der Waals surface area contributed by atoms with Crippen molar-refractivity contribution in [1.29, 1.82) is 5.26 Å². The molecule has 2 aromatic rings. The Morgan fingerprint density at radius 2 is 1.86 bits per heavy atom. The molecule has 1 fully saturated rings. The molecule has 1 N–H and O–H groups in total. The van der Waals surface area contributed by atoms with E-state index in [2.05, 4.69) is 23.5 Å². The molecule has 5 heteroatoms. The van der Waals surface area contributed by atoms with Crippen molar-refractivity contribution in [2.24, 2.45) is 0 Å². The second-order valence-corrected chi connectivity index (χ2v) is 8.26. The maximum atomic E-state index is 14.4. The number of nitrogens with zero attached hydrogens (tertiary/aromatic N) is 2. The Kier molecular flexibility index (Phi) is 6.72. The standard InChI is InChI=1S/C23H27ClFN3/c1-28(2)21(22-19(24)9-6-10-20(22)25)15-27-18-11-13-23(16-26,14-12-18)17-7-4-3-5-8-17/h3-10,18,21,27H,11-15H2,1-2H3/t18?,21-,23?/m0/s1. The minimum Gasteiger partial charge on any atom is -0.312 e. The lowest BCUT2D eigenvalue weighted by atomic mass is 9.69. The molecule has 0 saturated heterocycles. The molecule has 1 aliphatic carbocycles. The number of benzene rings is 2. The number of hydrogen-bond donors (Lipinski definition) is 1. The van der Waals surface area contributed by atoms with Crippen LogP contribution in [0.15, 0.2) is 48.5 Å². The monoisotopic (exact) mass is 399 g/mol. The normalized spacial score (nSPS) is 23.4. The van der Waals surface area contributed by atoms with Crippen LogP contribution in [0.2, 0.25) is 5.02 Å². The van der Waals surface area contributed by atoms with Crippen LogP contribution in [0.3, 0.4) is 0 Å². The first kappa shape index (κ1) is 20.8. The molecule has 1 atom stereocenters. The second kappa shape index (κ2) is 9.05. The summed E-state index contributed by atoms with van der Waals surface area (Å²) in [6.45, 7) is 0.614. The topological polar surface area (TPSA) is 39.1 Å². The van der Waals surface area contributed by atoms with Crippen molar-refractivity contribution >= 4 is 11.6 Å². The summed E-state index contributed by atoms with van der Waals surface area (Å²) in [7, 11) is 3.87. The first-order chi connectivity index (χ1) is 13.5. The zero-order valence-corrected chi connectivity index (χ0v) is 17.2. The van der Waals surface area contributed by atoms with E-state index >= 15 is 0 Å². The molecule has 0 amide bonds. The van der Waals surface area contributed by atoms with Crippen LogP contribution in [0.4, 0.5) is 4.39 Å². The van der Waals surface area contributed by atoms with Gasteiger partial charge in [-0.3, -0.25) is 0 Å². The van der Waals surface area contributed by atoms with Gasteiger partial charge in [0.05, 0.1) is 17.5 Å². The molecule has 3 rings (SSSR count). The number of likely N-dealkylation sites (N-methyl/N-ethyl adjacent to an activating group) is 1. The van der Waals surface area contributed by atoms with Crippen LogP contribution >= 0.6 is 11.6 Å². The molecule has 1 aliphatic rings. The molecule has 0 unspecified atom stereocenters. The van der Waals surface area contributed by atoms with Gasteiger partial charge in [0.25, 0.3) is 0 Å². The van der Waals surface area contributed by atoms with Crippen molar-refractivity contribution in [1.82, 2.24) is 10.2 Å². The van der Waals surface area contributed by atoms with E-state index < -0.39 is 5.41 Å². The van der Waals surface area contributed by atoms with Crippen LogP contribution in [0.1, 0.15) is 42.9 Å². The third-order valence-electron chi connectivity index (χ3n) is 5.94. The Bertz CT molecular complexity index is 803. The van der Waals surface area contributed by atoms with E-state index in [1.54, 1.807) is 12.1 Å². The molecule has 2 aromatic carbocycles. The van der Waals surface area contributed by atoms with Gasteiger partial charge in [-0.1, -0.05) is 48.0 Å². The van der Waals surface area contributed by atoms with Crippen LogP contribution in [0.5, 0.6) is 0 Å². The highest BCUT2D eigenvalue weighted by Crippen LogP contribution is 2.39. The zero-order valence-electron chi connectivity index (χ0n) is 16.5. The third kappa shape index (κ3) is 4.38. The largest absolute Gasteiger partial charge is 0.312 e. The minimum atomic E-state index is -0.394. The van der Waals surface area contributed by atoms with Gasteiger partial charge in [0.1, 0.15) is 5.82 Å². The molecule has 148 valence electrons. The summed E-state index contributed by atoms with van der Waals surface area (Å²) in [6.07, 6.45) is 3.51. The summed E-state index contributed by atoms with van der Waals surface area (Å²) >= 11 is 6.28. The van der Waals surface area contributed by atoms with Gasteiger partial charge < -0.3 is 10.2 Å². The predicted molar refractivity (Wildman–Crippen MR) is 112 cm³/mol. The van der Waals surface area contributed by atoms with E-state index in [0.29, 0.717) is 23.2 Å². The Morgan fingerprint density at radius 1 is 1.18 bits per heavy atom. The van der Waals surface area contributed by atoms with Crippen LogP contribution in [-0.2, 0) is 5.41 Å². The molecular weight excluding hydrogens is 373 g/mol. The number of hydrogen-bond acceptors (Lipinski definition) is 3. The van der Waals surface area contributed by atoms with Crippen LogP contribution < -0.4 is 5.32 Å². The summed E-state index contributed by atoms with van der Waals surface area (Å²) in [4.78, 5) is 1.99. The molecule has 28 heavy (non-hydrogen) atoms. The Balaban J connectivity index is 1.65. The van der Waals surface area contributed by atoms with E-state index in [0.717, 1.165) is 31.2 Å². The predicted octanol–water partition coefficient (Wildman–Crippen LogP) is 5.08. The Morgan fingerprint density at radius 3 is 2.43 bits per heavy atom. The fourth-order valence-electron chi connectivity index (χ4n) is 4.19. The zero-order chi connectivity index (χ0) is 20.1. The number of nitriles is 1. The quantitative estimate of drug-likeness (QED) is 0.736. The summed E-state index contributed by atoms with van der Waals surface area (Å²) in [6, 6.07) is 17.7. The van der Waals surface area contributed by atoms with Crippen molar-refractivity contribution < 1.29 is 4.39 Å². The first-order valence-electron chi connectivity index (χ1n) is 9.77. The molecule has 3 nitrogen and oxygen atoms in total. The van der Waals surface area contributed by atoms with Gasteiger partial charge in [0.2, 0.25) is 0 Å². The number of rotatable bonds is 6. The van der Waals surface area contributed by atoms with Crippen molar-refractivity contribution in [2.45, 2.75) is 43.2 Å². The fraction of sp³-hybridized carbons (Fsp3) is 0.435. The van der Waals surface area contributed by atoms with Crippen molar-refractivity contribution in [2.75, 3.05) is 20.6 Å².